The van der Waals surface area contributed by atoms with E-state index in [0.717, 1.165) is 22.5 Å². The number of hydrogen-bond donors (Lipinski definition) is 3. The third-order valence-electron chi connectivity index (χ3n) is 4.74. The number of allylic oxidation sites excluding steroid dienone is 4. The molecule has 29 heavy (non-hydrogen) atoms. The van der Waals surface area contributed by atoms with E-state index < -0.39 is 0 Å². The number of benzene rings is 2. The first-order valence-corrected chi connectivity index (χ1v) is 9.60. The van der Waals surface area contributed by atoms with Gasteiger partial charge >= 0.3 is 0 Å². The molecule has 0 bridgehead atoms. The highest BCUT2D eigenvalue weighted by molar-refractivity contribution is 5.76. The van der Waals surface area contributed by atoms with E-state index in [1.54, 1.807) is 7.11 Å². The van der Waals surface area contributed by atoms with Crippen molar-refractivity contribution in [3.63, 3.8) is 0 Å². The molecule has 4 nitrogen and oxygen atoms in total. The van der Waals surface area contributed by atoms with Crippen LogP contribution in [0.1, 0.15) is 49.9 Å². The first-order valence-electron chi connectivity index (χ1n) is 9.60. The van der Waals surface area contributed by atoms with E-state index in [9.17, 15) is 15.3 Å². The van der Waals surface area contributed by atoms with Crippen LogP contribution in [0.5, 0.6) is 17.2 Å². The molecular weight excluding hydrogens is 364 g/mol. The Morgan fingerprint density at radius 2 is 1.55 bits per heavy atom. The predicted molar refractivity (Wildman–Crippen MR) is 120 cm³/mol. The molecule has 0 aliphatic carbocycles. The second-order valence-electron chi connectivity index (χ2n) is 7.50. The van der Waals surface area contributed by atoms with Gasteiger partial charge in [0.2, 0.25) is 0 Å². The average Bonchev–Trinajstić information content (AvgIpc) is 2.67. The Bertz CT molecular complexity index is 940. The second-order valence-corrected chi connectivity index (χ2v) is 7.50. The fourth-order valence-corrected chi connectivity index (χ4v) is 2.91. The van der Waals surface area contributed by atoms with E-state index >= 15 is 0 Å². The van der Waals surface area contributed by atoms with Gasteiger partial charge in [-0.25, -0.2) is 0 Å². The number of ether oxygens (including phenoxy) is 1. The van der Waals surface area contributed by atoms with Crippen molar-refractivity contribution < 1.29 is 20.1 Å². The van der Waals surface area contributed by atoms with Crippen LogP contribution in [0.25, 0.3) is 12.2 Å². The smallest absolute Gasteiger partial charge is 0.123 e. The van der Waals surface area contributed by atoms with Gasteiger partial charge in [0.1, 0.15) is 17.2 Å². The number of rotatable bonds is 7. The summed E-state index contributed by atoms with van der Waals surface area (Å²) >= 11 is 0. The number of hydrogen-bond acceptors (Lipinski definition) is 4. The van der Waals surface area contributed by atoms with Gasteiger partial charge in [-0.3, -0.25) is 0 Å². The van der Waals surface area contributed by atoms with E-state index in [4.69, 9.17) is 4.74 Å². The van der Waals surface area contributed by atoms with Crippen LogP contribution >= 0.6 is 0 Å². The lowest BCUT2D eigenvalue weighted by Gasteiger charge is -2.16. The Kier molecular flexibility index (Phi) is 7.54. The Labute approximate surface area is 173 Å². The number of aliphatic hydroxyl groups is 1. The van der Waals surface area contributed by atoms with Crippen LogP contribution in [0, 0.1) is 0 Å². The summed E-state index contributed by atoms with van der Waals surface area (Å²) in [6.45, 7) is 7.65. The topological polar surface area (TPSA) is 69.9 Å². The molecule has 0 atom stereocenters. The highest BCUT2D eigenvalue weighted by Crippen LogP contribution is 2.36. The Balaban J connectivity index is 2.60. The Morgan fingerprint density at radius 3 is 2.10 bits per heavy atom. The standard InChI is InChI=1S/C25H30O4/c1-16(2)6-12-21-20(13-9-18-7-10-19(29-5)11-8-18)22(14-23(26)17(3)4)25(28)15-24(21)27/h6-11,13,15,26-28H,12,14H2,1-5H3/b13-9+. The molecule has 0 spiro atoms. The van der Waals surface area contributed by atoms with Gasteiger partial charge in [0.15, 0.2) is 0 Å². The number of phenolic OH excluding ortho intramolecular Hbond substituents is 2. The van der Waals surface area contributed by atoms with Crippen molar-refractivity contribution in [2.45, 2.75) is 40.5 Å². The summed E-state index contributed by atoms with van der Waals surface area (Å²) in [6, 6.07) is 8.97. The lowest BCUT2D eigenvalue weighted by Crippen LogP contribution is -2.00. The molecule has 3 N–H and O–H groups in total. The summed E-state index contributed by atoms with van der Waals surface area (Å²) in [7, 11) is 1.62. The summed E-state index contributed by atoms with van der Waals surface area (Å²) < 4.78 is 5.19. The second kappa shape index (κ2) is 9.87. The van der Waals surface area contributed by atoms with Gasteiger partial charge in [0.25, 0.3) is 0 Å². The summed E-state index contributed by atoms with van der Waals surface area (Å²) in [4.78, 5) is 0. The minimum absolute atomic E-state index is 0.0365. The molecule has 154 valence electrons. The molecule has 2 rings (SSSR count). The highest BCUT2D eigenvalue weighted by Gasteiger charge is 2.17. The van der Waals surface area contributed by atoms with Crippen molar-refractivity contribution >= 4 is 12.2 Å². The van der Waals surface area contributed by atoms with Crippen LogP contribution in [0.15, 0.2) is 53.3 Å². The molecule has 0 radical (unpaired) electrons. The maximum absolute atomic E-state index is 10.5. The molecule has 0 heterocycles. The van der Waals surface area contributed by atoms with E-state index in [2.05, 4.69) is 0 Å². The number of aliphatic hydroxyl groups excluding tert-OH is 1. The van der Waals surface area contributed by atoms with Gasteiger partial charge in [-0.2, -0.15) is 0 Å². The summed E-state index contributed by atoms with van der Waals surface area (Å²) in [6.07, 6.45) is 6.55. The van der Waals surface area contributed by atoms with Crippen molar-refractivity contribution in [3.05, 3.63) is 75.6 Å². The Morgan fingerprint density at radius 1 is 0.931 bits per heavy atom. The van der Waals surface area contributed by atoms with Crippen molar-refractivity contribution in [1.29, 1.82) is 0 Å². The van der Waals surface area contributed by atoms with Gasteiger partial charge in [-0.15, -0.1) is 0 Å². The molecule has 0 aliphatic heterocycles. The molecule has 0 amide bonds. The monoisotopic (exact) mass is 394 g/mol. The van der Waals surface area contributed by atoms with Crippen LogP contribution in [-0.2, 0) is 12.8 Å². The maximum Gasteiger partial charge on any atom is 0.123 e. The molecule has 0 aromatic heterocycles. The SMILES string of the molecule is COc1ccc(/C=C/c2c(CC=C(C)C)c(O)cc(O)c2CC(O)=C(C)C)cc1. The van der Waals surface area contributed by atoms with Crippen LogP contribution in [0.2, 0.25) is 0 Å². The first kappa shape index (κ1) is 22.2. The van der Waals surface area contributed by atoms with Gasteiger partial charge in [0.05, 0.1) is 12.9 Å². The Hall–Kier alpha value is -3.14. The van der Waals surface area contributed by atoms with E-state index in [-0.39, 0.29) is 23.7 Å². The molecule has 4 heteroatoms. The molecule has 0 fully saturated rings. The van der Waals surface area contributed by atoms with E-state index in [0.29, 0.717) is 23.1 Å². The zero-order valence-corrected chi connectivity index (χ0v) is 17.8. The normalized spacial score (nSPS) is 10.8. The van der Waals surface area contributed by atoms with Crippen LogP contribution < -0.4 is 4.74 Å². The van der Waals surface area contributed by atoms with Crippen molar-refractivity contribution in [2.75, 3.05) is 7.11 Å². The largest absolute Gasteiger partial charge is 0.512 e. The molecule has 0 unspecified atom stereocenters. The number of aromatic hydroxyl groups is 2. The average molecular weight is 395 g/mol. The zero-order valence-electron chi connectivity index (χ0n) is 17.8. The molecule has 0 aliphatic rings. The van der Waals surface area contributed by atoms with Gasteiger partial charge < -0.3 is 20.1 Å². The highest BCUT2D eigenvalue weighted by atomic mass is 16.5. The third-order valence-corrected chi connectivity index (χ3v) is 4.74. The maximum atomic E-state index is 10.5. The van der Waals surface area contributed by atoms with Gasteiger partial charge in [-0.1, -0.05) is 35.9 Å². The molecule has 2 aromatic rings. The van der Waals surface area contributed by atoms with Crippen LogP contribution in [0.3, 0.4) is 0 Å². The minimum atomic E-state index is -0.0365. The predicted octanol–water partition coefficient (Wildman–Crippen LogP) is 6.18. The quantitative estimate of drug-likeness (QED) is 0.298. The minimum Gasteiger partial charge on any atom is -0.512 e. The fraction of sp³-hybridized carbons (Fsp3) is 0.280. The molecular formula is C25H30O4. The lowest BCUT2D eigenvalue weighted by molar-refractivity contribution is 0.385. The summed E-state index contributed by atoms with van der Waals surface area (Å²) in [5.74, 6) is 0.981. The third kappa shape index (κ3) is 5.92. The van der Waals surface area contributed by atoms with Crippen LogP contribution in [0.4, 0.5) is 0 Å². The zero-order chi connectivity index (χ0) is 21.6. The summed E-state index contributed by atoms with van der Waals surface area (Å²) in [5.41, 5.74) is 4.89. The van der Waals surface area contributed by atoms with Crippen molar-refractivity contribution in [1.82, 2.24) is 0 Å². The number of phenols is 2. The molecule has 0 saturated heterocycles. The number of methoxy groups -OCH3 is 1. The summed E-state index contributed by atoms with van der Waals surface area (Å²) in [5, 5.41) is 31.3. The molecule has 2 aromatic carbocycles. The van der Waals surface area contributed by atoms with E-state index in [1.165, 1.54) is 6.07 Å². The van der Waals surface area contributed by atoms with Crippen molar-refractivity contribution in [2.24, 2.45) is 0 Å². The van der Waals surface area contributed by atoms with Crippen molar-refractivity contribution in [3.8, 4) is 17.2 Å². The fourth-order valence-electron chi connectivity index (χ4n) is 2.91. The lowest BCUT2D eigenvalue weighted by atomic mass is 9.92. The molecule has 0 saturated carbocycles. The van der Waals surface area contributed by atoms with E-state index in [1.807, 2.05) is 70.2 Å². The van der Waals surface area contributed by atoms with Crippen LogP contribution in [-0.4, -0.2) is 22.4 Å². The van der Waals surface area contributed by atoms with Gasteiger partial charge in [0, 0.05) is 23.6 Å². The first-order chi connectivity index (χ1) is 13.7. The van der Waals surface area contributed by atoms with Gasteiger partial charge in [-0.05, 0) is 62.9 Å².